The fraction of sp³-hybridized carbons (Fsp3) is 1.00. The first-order chi connectivity index (χ1) is 9.48. The zero-order valence-corrected chi connectivity index (χ0v) is 14.6. The minimum atomic E-state index is -0.812. The molecule has 0 N–H and O–H groups in total. The lowest BCUT2D eigenvalue weighted by Gasteiger charge is -2.61. The van der Waals surface area contributed by atoms with Crippen LogP contribution in [0.4, 0.5) is 4.32 Å². The summed E-state index contributed by atoms with van der Waals surface area (Å²) >= 11 is 0. The van der Waals surface area contributed by atoms with Gasteiger partial charge in [0.25, 0.3) is 0 Å². The summed E-state index contributed by atoms with van der Waals surface area (Å²) in [4.78, 5) is 0. The van der Waals surface area contributed by atoms with E-state index in [0.29, 0.717) is 11.8 Å². The van der Waals surface area contributed by atoms with E-state index in [1.807, 2.05) is 13.8 Å². The Labute approximate surface area is 129 Å². The van der Waals surface area contributed by atoms with E-state index in [0.717, 1.165) is 19.3 Å². The molecule has 3 rings (SSSR count). The first-order valence-corrected chi connectivity index (χ1v) is 8.50. The summed E-state index contributed by atoms with van der Waals surface area (Å²) in [7, 11) is 0. The summed E-state index contributed by atoms with van der Waals surface area (Å²) in [6, 6.07) is 0. The lowest BCUT2D eigenvalue weighted by atomic mass is 9.31. The Morgan fingerprint density at radius 3 is 2.33 bits per heavy atom. The van der Waals surface area contributed by atoms with Crippen molar-refractivity contribution in [2.75, 3.05) is 0 Å². The third-order valence-electron chi connectivity index (χ3n) is 7.44. The van der Waals surface area contributed by atoms with Crippen LogP contribution >= 0.6 is 0 Å². The number of halogens is 1. The summed E-state index contributed by atoms with van der Waals surface area (Å²) in [6.45, 7) is 13.8. The molecule has 0 radical (unpaired) electrons. The standard InChI is InChI=1S/C17H30BFO2/c1-11-8-9-17(18(7)19)12(11)10-13-16(6,14(17,2)3)21-15(4,5)20-13/h11-13H,8-10H2,1-7H3/t11-,12?,13-,16-,17-/m0/s1. The van der Waals surface area contributed by atoms with E-state index >= 15 is 0 Å². The van der Waals surface area contributed by atoms with Gasteiger partial charge in [-0.2, -0.15) is 0 Å². The van der Waals surface area contributed by atoms with Crippen molar-refractivity contribution in [1.82, 2.24) is 0 Å². The smallest absolute Gasteiger partial charge is 0.344 e. The van der Waals surface area contributed by atoms with Crippen LogP contribution in [-0.4, -0.2) is 24.5 Å². The molecule has 2 nitrogen and oxygen atoms in total. The first kappa shape index (κ1) is 15.8. The molecule has 4 heteroatoms. The van der Waals surface area contributed by atoms with E-state index < -0.39 is 18.4 Å². The maximum Gasteiger partial charge on any atom is 0.352 e. The van der Waals surface area contributed by atoms with Crippen LogP contribution in [0.15, 0.2) is 0 Å². The van der Waals surface area contributed by atoms with Crippen LogP contribution in [0, 0.1) is 17.3 Å². The van der Waals surface area contributed by atoms with Crippen molar-refractivity contribution in [3.05, 3.63) is 0 Å². The van der Waals surface area contributed by atoms with Gasteiger partial charge in [0, 0.05) is 0 Å². The molecule has 0 spiro atoms. The number of ether oxygens (including phenoxy) is 2. The molecule has 3 fully saturated rings. The minimum absolute atomic E-state index is 0.0694. The Hall–Kier alpha value is -0.0851. The minimum Gasteiger partial charge on any atom is -0.344 e. The SMILES string of the molecule is CB(F)[C@@]12CC[C@H](C)C1C[C@@H]1OC(C)(C)O[C@]1(C)C2(C)C. The highest BCUT2D eigenvalue weighted by atomic mass is 19.1. The van der Waals surface area contributed by atoms with Crippen molar-refractivity contribution in [1.29, 1.82) is 0 Å². The molecule has 3 aliphatic rings. The summed E-state index contributed by atoms with van der Waals surface area (Å²) in [6.07, 6.45) is 3.09. The molecule has 0 amide bonds. The van der Waals surface area contributed by atoms with Gasteiger partial charge in [-0.15, -0.1) is 0 Å². The highest BCUT2D eigenvalue weighted by Gasteiger charge is 2.74. The fourth-order valence-electron chi connectivity index (χ4n) is 6.12. The largest absolute Gasteiger partial charge is 0.352 e. The second kappa shape index (κ2) is 4.26. The molecule has 21 heavy (non-hydrogen) atoms. The highest BCUT2D eigenvalue weighted by molar-refractivity contribution is 6.54. The molecule has 0 aromatic carbocycles. The summed E-state index contributed by atoms with van der Waals surface area (Å²) in [5.41, 5.74) is -0.669. The van der Waals surface area contributed by atoms with E-state index in [2.05, 4.69) is 27.7 Å². The second-order valence-electron chi connectivity index (χ2n) is 8.85. The zero-order valence-electron chi connectivity index (χ0n) is 14.6. The molecule has 1 aliphatic heterocycles. The molecule has 1 saturated heterocycles. The third kappa shape index (κ3) is 1.72. The summed E-state index contributed by atoms with van der Waals surface area (Å²) < 4.78 is 27.5. The molecule has 5 atom stereocenters. The van der Waals surface area contributed by atoms with Crippen LogP contribution in [-0.2, 0) is 9.47 Å². The van der Waals surface area contributed by atoms with Crippen molar-refractivity contribution in [2.24, 2.45) is 17.3 Å². The Bertz CT molecular complexity index is 450. The molecule has 0 bridgehead atoms. The molecular weight excluding hydrogens is 266 g/mol. The molecule has 1 unspecified atom stereocenters. The molecule has 2 aliphatic carbocycles. The Balaban J connectivity index is 2.13. The number of fused-ring (bicyclic) bond motifs is 2. The van der Waals surface area contributed by atoms with Crippen LogP contribution in [0.25, 0.3) is 0 Å². The van der Waals surface area contributed by atoms with Crippen LogP contribution in [0.3, 0.4) is 0 Å². The quantitative estimate of drug-likeness (QED) is 0.653. The maximum atomic E-state index is 14.9. The van der Waals surface area contributed by atoms with E-state index in [4.69, 9.17) is 9.47 Å². The predicted molar refractivity (Wildman–Crippen MR) is 84.1 cm³/mol. The van der Waals surface area contributed by atoms with Gasteiger partial charge < -0.3 is 13.8 Å². The molecule has 0 aromatic rings. The zero-order chi connectivity index (χ0) is 15.8. The van der Waals surface area contributed by atoms with Crippen molar-refractivity contribution in [2.45, 2.75) is 90.4 Å². The predicted octanol–water partition coefficient (Wildman–Crippen LogP) is 4.70. The molecule has 1 heterocycles. The van der Waals surface area contributed by atoms with Crippen LogP contribution in [0.1, 0.15) is 60.8 Å². The average Bonchev–Trinajstić information content (AvgIpc) is 2.77. The van der Waals surface area contributed by atoms with Crippen molar-refractivity contribution < 1.29 is 13.8 Å². The Morgan fingerprint density at radius 1 is 1.14 bits per heavy atom. The molecule has 0 aromatic heterocycles. The highest BCUT2D eigenvalue weighted by Crippen LogP contribution is 2.74. The van der Waals surface area contributed by atoms with Gasteiger partial charge in [-0.25, -0.2) is 0 Å². The topological polar surface area (TPSA) is 18.5 Å². The normalized spacial score (nSPS) is 50.6. The van der Waals surface area contributed by atoms with Crippen molar-refractivity contribution in [3.8, 4) is 0 Å². The fourth-order valence-corrected chi connectivity index (χ4v) is 6.12. The molecule has 2 saturated carbocycles. The summed E-state index contributed by atoms with van der Waals surface area (Å²) in [5.74, 6) is 0.390. The number of hydrogen-bond donors (Lipinski definition) is 0. The lowest BCUT2D eigenvalue weighted by molar-refractivity contribution is -0.191. The average molecular weight is 296 g/mol. The van der Waals surface area contributed by atoms with Gasteiger partial charge in [-0.3, -0.25) is 0 Å². The van der Waals surface area contributed by atoms with Gasteiger partial charge in [-0.1, -0.05) is 40.4 Å². The monoisotopic (exact) mass is 296 g/mol. The van der Waals surface area contributed by atoms with Crippen LogP contribution < -0.4 is 0 Å². The first-order valence-electron chi connectivity index (χ1n) is 8.50. The van der Waals surface area contributed by atoms with Gasteiger partial charge in [0.1, 0.15) is 5.60 Å². The third-order valence-corrected chi connectivity index (χ3v) is 7.44. The number of rotatable bonds is 1. The van der Waals surface area contributed by atoms with Crippen molar-refractivity contribution in [3.63, 3.8) is 0 Å². The van der Waals surface area contributed by atoms with Gasteiger partial charge in [-0.05, 0) is 49.8 Å². The van der Waals surface area contributed by atoms with Gasteiger partial charge in [0.2, 0.25) is 0 Å². The Morgan fingerprint density at radius 2 is 1.76 bits per heavy atom. The maximum absolute atomic E-state index is 14.9. The molecule has 120 valence electrons. The Kier molecular flexibility index (Phi) is 3.20. The van der Waals surface area contributed by atoms with E-state index in [1.54, 1.807) is 6.82 Å². The van der Waals surface area contributed by atoms with Gasteiger partial charge in [0.05, 0.1) is 6.10 Å². The van der Waals surface area contributed by atoms with Gasteiger partial charge >= 0.3 is 6.99 Å². The van der Waals surface area contributed by atoms with Crippen LogP contribution in [0.5, 0.6) is 0 Å². The van der Waals surface area contributed by atoms with Crippen LogP contribution in [0.2, 0.25) is 12.1 Å². The molecular formula is C17H30BFO2. The lowest BCUT2D eigenvalue weighted by Crippen LogP contribution is -2.64. The second-order valence-corrected chi connectivity index (χ2v) is 8.85. The van der Waals surface area contributed by atoms with Crippen molar-refractivity contribution >= 4 is 6.99 Å². The van der Waals surface area contributed by atoms with E-state index in [1.165, 1.54) is 0 Å². The van der Waals surface area contributed by atoms with Gasteiger partial charge in [0.15, 0.2) is 5.79 Å². The number of hydrogen-bond acceptors (Lipinski definition) is 2. The van der Waals surface area contributed by atoms with E-state index in [-0.39, 0.29) is 16.8 Å². The van der Waals surface area contributed by atoms with E-state index in [9.17, 15) is 4.32 Å². The summed E-state index contributed by atoms with van der Waals surface area (Å²) in [5, 5.41) is -0.290.